The molecule has 0 radical (unpaired) electrons. The van der Waals surface area contributed by atoms with Gasteiger partial charge < -0.3 is 5.73 Å². The summed E-state index contributed by atoms with van der Waals surface area (Å²) in [6.45, 7) is 0. The molecule has 0 saturated heterocycles. The minimum absolute atomic E-state index is 0.318. The SMILES string of the molecule is NC(=O)c1ccc2c(c1)C1CC21. The van der Waals surface area contributed by atoms with Crippen molar-refractivity contribution in [3.63, 3.8) is 0 Å². The summed E-state index contributed by atoms with van der Waals surface area (Å²) < 4.78 is 0. The van der Waals surface area contributed by atoms with Crippen molar-refractivity contribution in [3.05, 3.63) is 34.9 Å². The van der Waals surface area contributed by atoms with E-state index >= 15 is 0 Å². The molecule has 0 aliphatic heterocycles. The first-order valence-corrected chi connectivity index (χ1v) is 4.21. The van der Waals surface area contributed by atoms with Gasteiger partial charge in [0.25, 0.3) is 0 Å². The standard InChI is InChI=1S/C10H9NO/c11-10(12)5-1-2-6-7(3-5)9-4-8(6)9/h1-3,8-9H,4H2,(H2,11,12). The van der Waals surface area contributed by atoms with E-state index in [0.29, 0.717) is 5.56 Å². The summed E-state index contributed by atoms with van der Waals surface area (Å²) >= 11 is 0. The smallest absolute Gasteiger partial charge is 0.248 e. The van der Waals surface area contributed by atoms with Crippen LogP contribution in [0, 0.1) is 0 Å². The van der Waals surface area contributed by atoms with Crippen molar-refractivity contribution in [1.29, 1.82) is 0 Å². The third-order valence-electron chi connectivity index (χ3n) is 2.96. The normalized spacial score (nSPS) is 28.3. The van der Waals surface area contributed by atoms with Crippen LogP contribution in [0.2, 0.25) is 0 Å². The largest absolute Gasteiger partial charge is 0.366 e. The van der Waals surface area contributed by atoms with Crippen molar-refractivity contribution in [1.82, 2.24) is 0 Å². The highest BCUT2D eigenvalue weighted by molar-refractivity contribution is 5.93. The van der Waals surface area contributed by atoms with E-state index in [1.54, 1.807) is 0 Å². The summed E-state index contributed by atoms with van der Waals surface area (Å²) in [7, 11) is 0. The summed E-state index contributed by atoms with van der Waals surface area (Å²) in [6, 6.07) is 5.82. The molecule has 2 nitrogen and oxygen atoms in total. The van der Waals surface area contributed by atoms with Gasteiger partial charge in [-0.15, -0.1) is 0 Å². The number of benzene rings is 1. The van der Waals surface area contributed by atoms with Crippen LogP contribution in [0.3, 0.4) is 0 Å². The van der Waals surface area contributed by atoms with Crippen LogP contribution in [0.15, 0.2) is 18.2 Å². The summed E-state index contributed by atoms with van der Waals surface area (Å²) in [5, 5.41) is 0. The van der Waals surface area contributed by atoms with Gasteiger partial charge in [0.15, 0.2) is 0 Å². The van der Waals surface area contributed by atoms with Crippen LogP contribution in [0.25, 0.3) is 0 Å². The minimum atomic E-state index is -0.318. The maximum atomic E-state index is 10.8. The van der Waals surface area contributed by atoms with E-state index in [-0.39, 0.29) is 5.91 Å². The van der Waals surface area contributed by atoms with Crippen molar-refractivity contribution in [2.45, 2.75) is 18.3 Å². The molecule has 2 N–H and O–H groups in total. The molecule has 1 aromatic rings. The lowest BCUT2D eigenvalue weighted by Gasteiger charge is -2.17. The summed E-state index contributed by atoms with van der Waals surface area (Å²) in [5.74, 6) is 1.27. The Hall–Kier alpha value is -1.31. The zero-order valence-corrected chi connectivity index (χ0v) is 6.58. The zero-order chi connectivity index (χ0) is 8.29. The molecule has 2 unspecified atom stereocenters. The van der Waals surface area contributed by atoms with Gasteiger partial charge in [-0.2, -0.15) is 0 Å². The Bertz CT molecular complexity index is 383. The van der Waals surface area contributed by atoms with E-state index in [9.17, 15) is 4.79 Å². The highest BCUT2D eigenvalue weighted by atomic mass is 16.1. The maximum Gasteiger partial charge on any atom is 0.248 e. The highest BCUT2D eigenvalue weighted by Crippen LogP contribution is 2.65. The number of amides is 1. The number of primary amides is 1. The van der Waals surface area contributed by atoms with Crippen LogP contribution in [0.1, 0.15) is 39.7 Å². The molecule has 0 aromatic heterocycles. The Morgan fingerprint density at radius 2 is 2.08 bits per heavy atom. The third kappa shape index (κ3) is 0.583. The fraction of sp³-hybridized carbons (Fsp3) is 0.300. The fourth-order valence-electron chi connectivity index (χ4n) is 2.17. The summed E-state index contributed by atoms with van der Waals surface area (Å²) in [5.41, 5.74) is 8.62. The Morgan fingerprint density at radius 1 is 1.33 bits per heavy atom. The van der Waals surface area contributed by atoms with Gasteiger partial charge >= 0.3 is 0 Å². The van der Waals surface area contributed by atoms with Gasteiger partial charge in [-0.3, -0.25) is 4.79 Å². The lowest BCUT2D eigenvalue weighted by atomic mass is 9.87. The van der Waals surface area contributed by atoms with Crippen LogP contribution in [-0.4, -0.2) is 5.91 Å². The molecule has 0 bridgehead atoms. The average molecular weight is 159 g/mol. The van der Waals surface area contributed by atoms with E-state index in [1.807, 2.05) is 18.2 Å². The van der Waals surface area contributed by atoms with Crippen molar-refractivity contribution >= 4 is 5.91 Å². The molecule has 2 heteroatoms. The number of hydrogen-bond donors (Lipinski definition) is 1. The molecular formula is C10H9NO. The predicted molar refractivity (Wildman–Crippen MR) is 45.1 cm³/mol. The first-order chi connectivity index (χ1) is 5.77. The van der Waals surface area contributed by atoms with Gasteiger partial charge in [-0.25, -0.2) is 0 Å². The molecule has 12 heavy (non-hydrogen) atoms. The van der Waals surface area contributed by atoms with E-state index in [0.717, 1.165) is 11.8 Å². The second kappa shape index (κ2) is 1.71. The molecule has 1 amide bonds. The monoisotopic (exact) mass is 159 g/mol. The van der Waals surface area contributed by atoms with Crippen molar-refractivity contribution in [2.24, 2.45) is 5.73 Å². The van der Waals surface area contributed by atoms with Crippen molar-refractivity contribution in [3.8, 4) is 0 Å². The molecule has 0 heterocycles. The minimum Gasteiger partial charge on any atom is -0.366 e. The van der Waals surface area contributed by atoms with Crippen LogP contribution >= 0.6 is 0 Å². The first kappa shape index (κ1) is 6.23. The van der Waals surface area contributed by atoms with E-state index in [1.165, 1.54) is 17.5 Å². The molecule has 3 rings (SSSR count). The lowest BCUT2D eigenvalue weighted by molar-refractivity contribution is 0.1000. The van der Waals surface area contributed by atoms with Crippen LogP contribution in [-0.2, 0) is 0 Å². The van der Waals surface area contributed by atoms with Gasteiger partial charge in [0.2, 0.25) is 5.91 Å². The molecule has 1 saturated carbocycles. The number of fused-ring (bicyclic) bond motifs is 4. The molecule has 2 aliphatic rings. The molecule has 0 spiro atoms. The van der Waals surface area contributed by atoms with Crippen molar-refractivity contribution < 1.29 is 4.79 Å². The van der Waals surface area contributed by atoms with Gasteiger partial charge in [0.05, 0.1) is 0 Å². The van der Waals surface area contributed by atoms with Crippen LogP contribution in [0.4, 0.5) is 0 Å². The maximum absolute atomic E-state index is 10.8. The third-order valence-corrected chi connectivity index (χ3v) is 2.96. The molecule has 1 fully saturated rings. The van der Waals surface area contributed by atoms with Gasteiger partial charge in [0, 0.05) is 5.56 Å². The van der Waals surface area contributed by atoms with E-state index in [4.69, 9.17) is 5.73 Å². The second-order valence-electron chi connectivity index (χ2n) is 3.66. The summed E-state index contributed by atoms with van der Waals surface area (Å²) in [4.78, 5) is 10.8. The first-order valence-electron chi connectivity index (χ1n) is 4.21. The topological polar surface area (TPSA) is 43.1 Å². The van der Waals surface area contributed by atoms with Gasteiger partial charge in [-0.05, 0) is 41.5 Å². The average Bonchev–Trinajstić information content (AvgIpc) is 2.74. The highest BCUT2D eigenvalue weighted by Gasteiger charge is 2.50. The predicted octanol–water partition coefficient (Wildman–Crippen LogP) is 1.37. The van der Waals surface area contributed by atoms with E-state index in [2.05, 4.69) is 0 Å². The Morgan fingerprint density at radius 3 is 2.83 bits per heavy atom. The Kier molecular flexibility index (Phi) is 0.888. The number of carbonyl (C=O) groups excluding carboxylic acids is 1. The summed E-state index contributed by atoms with van der Waals surface area (Å²) in [6.07, 6.45) is 1.29. The lowest BCUT2D eigenvalue weighted by Crippen LogP contribution is -2.13. The molecule has 2 aliphatic carbocycles. The molecule has 60 valence electrons. The zero-order valence-electron chi connectivity index (χ0n) is 6.58. The second-order valence-corrected chi connectivity index (χ2v) is 3.66. The fourth-order valence-corrected chi connectivity index (χ4v) is 2.17. The Balaban J connectivity index is 2.12. The van der Waals surface area contributed by atoms with Crippen molar-refractivity contribution in [2.75, 3.05) is 0 Å². The molecular weight excluding hydrogens is 150 g/mol. The number of hydrogen-bond acceptors (Lipinski definition) is 1. The van der Waals surface area contributed by atoms with Gasteiger partial charge in [0.1, 0.15) is 0 Å². The Labute approximate surface area is 70.4 Å². The van der Waals surface area contributed by atoms with Crippen LogP contribution < -0.4 is 5.73 Å². The van der Waals surface area contributed by atoms with E-state index < -0.39 is 0 Å². The number of rotatable bonds is 1. The quantitative estimate of drug-likeness (QED) is 0.660. The molecule has 2 atom stereocenters. The van der Waals surface area contributed by atoms with Gasteiger partial charge in [-0.1, -0.05) is 6.07 Å². The number of carbonyl (C=O) groups is 1. The van der Waals surface area contributed by atoms with Crippen LogP contribution in [0.5, 0.6) is 0 Å². The number of nitrogens with two attached hydrogens (primary N) is 1. The molecule has 1 aromatic carbocycles.